The molecule has 4 heteroatoms. The van der Waals surface area contributed by atoms with Gasteiger partial charge in [-0.2, -0.15) is 0 Å². The zero-order valence-electron chi connectivity index (χ0n) is 54.4. The van der Waals surface area contributed by atoms with Gasteiger partial charge in [-0.25, -0.2) is 0 Å². The van der Waals surface area contributed by atoms with E-state index < -0.39 is 12.1 Å². The van der Waals surface area contributed by atoms with Crippen LogP contribution in [0.3, 0.4) is 0 Å². The maximum Gasteiger partial charge on any atom is 0.220 e. The number of nitrogens with one attached hydrogen (secondary N) is 1. The number of aliphatic hydroxyl groups excluding tert-OH is 2. The molecule has 470 valence electrons. The molecule has 4 nitrogen and oxygen atoms in total. The molecular formula is C75H147NO3. The topological polar surface area (TPSA) is 69.6 Å². The highest BCUT2D eigenvalue weighted by atomic mass is 16.3. The quantitative estimate of drug-likeness (QED) is 0.0420. The Morgan fingerprint density at radius 2 is 0.481 bits per heavy atom. The van der Waals surface area contributed by atoms with E-state index in [1.165, 1.54) is 385 Å². The lowest BCUT2D eigenvalue weighted by Crippen LogP contribution is -2.45. The number of rotatable bonds is 70. The van der Waals surface area contributed by atoms with E-state index >= 15 is 0 Å². The van der Waals surface area contributed by atoms with Crippen LogP contribution in [-0.4, -0.2) is 34.9 Å². The molecule has 3 N–H and O–H groups in total. The molecule has 0 saturated carbocycles. The molecule has 0 saturated heterocycles. The van der Waals surface area contributed by atoms with Crippen LogP contribution >= 0.6 is 0 Å². The third kappa shape index (κ3) is 67.5. The van der Waals surface area contributed by atoms with E-state index in [0.29, 0.717) is 6.42 Å². The van der Waals surface area contributed by atoms with Gasteiger partial charge in [-0.15, -0.1) is 0 Å². The number of hydrogen-bond donors (Lipinski definition) is 3. The number of carbonyl (C=O) groups excluding carboxylic acids is 1. The minimum Gasteiger partial charge on any atom is -0.394 e. The van der Waals surface area contributed by atoms with E-state index in [1.54, 1.807) is 6.08 Å². The minimum atomic E-state index is -0.838. The van der Waals surface area contributed by atoms with Gasteiger partial charge in [0.2, 0.25) is 5.91 Å². The van der Waals surface area contributed by atoms with Crippen LogP contribution in [0.1, 0.15) is 431 Å². The van der Waals surface area contributed by atoms with Gasteiger partial charge in [0.1, 0.15) is 0 Å². The molecule has 0 heterocycles. The largest absolute Gasteiger partial charge is 0.394 e. The minimum absolute atomic E-state index is 0.0534. The molecule has 0 spiro atoms. The molecule has 2 atom stereocenters. The summed E-state index contributed by atoms with van der Waals surface area (Å²) in [5, 5.41) is 23.3. The van der Waals surface area contributed by atoms with Gasteiger partial charge in [-0.05, 0) is 44.9 Å². The summed E-state index contributed by atoms with van der Waals surface area (Å²) in [6, 6.07) is -0.621. The molecule has 0 bridgehead atoms. The van der Waals surface area contributed by atoms with Crippen molar-refractivity contribution in [2.75, 3.05) is 6.61 Å². The molecule has 0 aliphatic carbocycles. The van der Waals surface area contributed by atoms with Gasteiger partial charge < -0.3 is 15.5 Å². The number of hydrogen-bond acceptors (Lipinski definition) is 3. The fraction of sp³-hybridized carbons (Fsp3) is 0.933. The van der Waals surface area contributed by atoms with E-state index in [-0.39, 0.29) is 12.5 Å². The van der Waals surface area contributed by atoms with Crippen molar-refractivity contribution in [1.82, 2.24) is 5.32 Å². The molecule has 79 heavy (non-hydrogen) atoms. The number of amides is 1. The normalized spacial score (nSPS) is 12.7. The van der Waals surface area contributed by atoms with Crippen molar-refractivity contribution < 1.29 is 15.0 Å². The van der Waals surface area contributed by atoms with E-state index in [4.69, 9.17) is 0 Å². The third-order valence-electron chi connectivity index (χ3n) is 17.7. The van der Waals surface area contributed by atoms with Crippen LogP contribution in [0.25, 0.3) is 0 Å². The van der Waals surface area contributed by atoms with Crippen molar-refractivity contribution in [2.45, 2.75) is 443 Å². The molecule has 0 aromatic carbocycles. The molecule has 0 aliphatic heterocycles. The Labute approximate surface area is 498 Å². The first-order valence-corrected chi connectivity index (χ1v) is 37.1. The number of aliphatic hydroxyl groups is 2. The SMILES string of the molecule is CCCCCCCCCC/C=C\CCCCCCCCCCCCCCCCCCCCCCCCCCCC(=O)NC(CO)C(O)/C=C/CCCCCCCCCCCCCCCCCCCCCCCCCCCCCC. The fourth-order valence-corrected chi connectivity index (χ4v) is 12.1. The van der Waals surface area contributed by atoms with Crippen LogP contribution < -0.4 is 5.32 Å². The summed E-state index contributed by atoms with van der Waals surface area (Å²) >= 11 is 0. The number of allylic oxidation sites excluding steroid dienone is 3. The average Bonchev–Trinajstić information content (AvgIpc) is 3.45. The highest BCUT2D eigenvalue weighted by Gasteiger charge is 2.18. The molecular weight excluding hydrogens is 963 g/mol. The smallest absolute Gasteiger partial charge is 0.220 e. The average molecular weight is 1110 g/mol. The Morgan fingerprint density at radius 3 is 0.696 bits per heavy atom. The van der Waals surface area contributed by atoms with E-state index in [2.05, 4.69) is 31.3 Å². The van der Waals surface area contributed by atoms with Crippen molar-refractivity contribution in [3.63, 3.8) is 0 Å². The van der Waals surface area contributed by atoms with Crippen molar-refractivity contribution in [3.05, 3.63) is 24.3 Å². The molecule has 0 aromatic heterocycles. The fourth-order valence-electron chi connectivity index (χ4n) is 12.1. The van der Waals surface area contributed by atoms with E-state index in [9.17, 15) is 15.0 Å². The molecule has 0 radical (unpaired) electrons. The number of unbranched alkanes of at least 4 members (excludes halogenated alkanes) is 61. The van der Waals surface area contributed by atoms with Crippen molar-refractivity contribution in [1.29, 1.82) is 0 Å². The van der Waals surface area contributed by atoms with E-state index in [0.717, 1.165) is 25.7 Å². The van der Waals surface area contributed by atoms with Gasteiger partial charge in [-0.3, -0.25) is 4.79 Å². The first-order chi connectivity index (χ1) is 39.2. The Balaban J connectivity index is 3.39. The van der Waals surface area contributed by atoms with Crippen molar-refractivity contribution >= 4 is 5.91 Å². The molecule has 0 aromatic rings. The maximum atomic E-state index is 12.6. The van der Waals surface area contributed by atoms with Gasteiger partial charge >= 0.3 is 0 Å². The highest BCUT2D eigenvalue weighted by Crippen LogP contribution is 2.20. The lowest BCUT2D eigenvalue weighted by atomic mass is 10.0. The van der Waals surface area contributed by atoms with Gasteiger partial charge in [0, 0.05) is 6.42 Å². The van der Waals surface area contributed by atoms with Crippen molar-refractivity contribution in [3.8, 4) is 0 Å². The maximum absolute atomic E-state index is 12.6. The summed E-state index contributed by atoms with van der Waals surface area (Å²) in [4.78, 5) is 12.6. The van der Waals surface area contributed by atoms with Crippen LogP contribution in [0, 0.1) is 0 Å². The third-order valence-corrected chi connectivity index (χ3v) is 17.7. The second-order valence-electron chi connectivity index (χ2n) is 25.7. The summed E-state index contributed by atoms with van der Waals surface area (Å²) < 4.78 is 0. The molecule has 1 amide bonds. The zero-order valence-corrected chi connectivity index (χ0v) is 54.4. The standard InChI is InChI=1S/C75H147NO3/c1-3-5-7-9-11-13-15-17-19-21-23-25-27-29-31-33-35-36-37-38-39-40-41-43-45-47-49-51-53-55-57-59-61-63-65-67-69-71-75(79)76-73(72-77)74(78)70-68-66-64-62-60-58-56-54-52-50-48-46-44-42-34-32-30-28-26-24-22-20-18-16-14-12-10-8-6-4-2/h21,23,68,70,73-74,77-78H,3-20,22,24-67,69,71-72H2,1-2H3,(H,76,79)/b23-21-,70-68+. The lowest BCUT2D eigenvalue weighted by Gasteiger charge is -2.20. The van der Waals surface area contributed by atoms with Crippen LogP contribution in [0.15, 0.2) is 24.3 Å². The van der Waals surface area contributed by atoms with Gasteiger partial charge in [-0.1, -0.05) is 404 Å². The second kappa shape index (κ2) is 71.1. The number of carbonyl (C=O) groups is 1. The summed E-state index contributed by atoms with van der Waals surface area (Å²) in [6.07, 6.45) is 97.3. The monoisotopic (exact) mass is 1110 g/mol. The lowest BCUT2D eigenvalue weighted by molar-refractivity contribution is -0.123. The molecule has 0 aliphatic rings. The van der Waals surface area contributed by atoms with Crippen molar-refractivity contribution in [2.24, 2.45) is 0 Å². The molecule has 0 fully saturated rings. The molecule has 2 unspecified atom stereocenters. The van der Waals surface area contributed by atoms with Gasteiger partial charge in [0.15, 0.2) is 0 Å². The first-order valence-electron chi connectivity index (χ1n) is 37.1. The summed E-state index contributed by atoms with van der Waals surface area (Å²) in [6.45, 7) is 4.36. The second-order valence-corrected chi connectivity index (χ2v) is 25.7. The summed E-state index contributed by atoms with van der Waals surface area (Å²) in [5.41, 5.74) is 0. The van der Waals surface area contributed by atoms with Gasteiger partial charge in [0.05, 0.1) is 18.8 Å². The molecule has 0 rings (SSSR count). The van der Waals surface area contributed by atoms with E-state index in [1.807, 2.05) is 6.08 Å². The highest BCUT2D eigenvalue weighted by molar-refractivity contribution is 5.76. The van der Waals surface area contributed by atoms with Crippen LogP contribution in [0.5, 0.6) is 0 Å². The predicted molar refractivity (Wildman–Crippen MR) is 355 cm³/mol. The van der Waals surface area contributed by atoms with Crippen LogP contribution in [0.2, 0.25) is 0 Å². The summed E-state index contributed by atoms with van der Waals surface area (Å²) in [7, 11) is 0. The zero-order chi connectivity index (χ0) is 56.9. The Bertz CT molecular complexity index is 1170. The Morgan fingerprint density at radius 1 is 0.291 bits per heavy atom. The Hall–Kier alpha value is -1.13. The first kappa shape index (κ1) is 77.9. The predicted octanol–water partition coefficient (Wildman–Crippen LogP) is 25.3. The Kier molecular flexibility index (Phi) is 70.1. The van der Waals surface area contributed by atoms with Crippen LogP contribution in [0.4, 0.5) is 0 Å². The van der Waals surface area contributed by atoms with Crippen LogP contribution in [-0.2, 0) is 4.79 Å². The summed E-state index contributed by atoms with van der Waals surface area (Å²) in [5.74, 6) is -0.0534. The van der Waals surface area contributed by atoms with Gasteiger partial charge in [0.25, 0.3) is 0 Å².